The maximum Gasteiger partial charge on any atom is 0.320 e. The Morgan fingerprint density at radius 3 is 2.76 bits per heavy atom. The molecule has 152 valence electrons. The Hall–Kier alpha value is -2.82. The smallest absolute Gasteiger partial charge is 0.320 e. The zero-order valence-electron chi connectivity index (χ0n) is 14.7. The van der Waals surface area contributed by atoms with Gasteiger partial charge >= 0.3 is 5.97 Å². The van der Waals surface area contributed by atoms with Crippen LogP contribution in [0, 0.1) is 5.82 Å². The predicted molar refractivity (Wildman–Crippen MR) is 102 cm³/mol. The molecule has 1 saturated heterocycles. The molecular weight excluding hydrogens is 426 g/mol. The summed E-state index contributed by atoms with van der Waals surface area (Å²) in [6.07, 6.45) is 1.70. The molecule has 0 bridgehead atoms. The lowest BCUT2D eigenvalue weighted by molar-refractivity contribution is -0.139. The number of nitrogens with one attached hydrogen (secondary N) is 1. The lowest BCUT2D eigenvalue weighted by Crippen LogP contribution is -2.29. The molecule has 1 aromatic carbocycles. The third-order valence-corrected chi connectivity index (χ3v) is 4.49. The molecule has 2 aromatic heterocycles. The first-order valence-corrected chi connectivity index (χ1v) is 8.73. The molecule has 29 heavy (non-hydrogen) atoms. The molecule has 2 atom stereocenters. The fourth-order valence-electron chi connectivity index (χ4n) is 2.85. The summed E-state index contributed by atoms with van der Waals surface area (Å²) < 4.78 is 19.2. The molecule has 0 aliphatic carbocycles. The minimum Gasteiger partial charge on any atom is -0.480 e. The standard InChI is InChI=1S/C17H14ClFN6O3.ClH/c18-10-6-13(19)16(21-8-10)28-12-3-1-11(2-4-12)25-23-15(22-24-25)9-5-14(17(26)27)20-7-9;/h1-4,6,8-9,14,20H,5,7H2,(H,26,27);1H/t9-,14-;/m0./s1. The zero-order valence-corrected chi connectivity index (χ0v) is 16.3. The fourth-order valence-corrected chi connectivity index (χ4v) is 3.00. The monoisotopic (exact) mass is 440 g/mol. The van der Waals surface area contributed by atoms with E-state index in [-0.39, 0.29) is 29.2 Å². The van der Waals surface area contributed by atoms with Gasteiger partial charge in [0.05, 0.1) is 10.7 Å². The van der Waals surface area contributed by atoms with Crippen LogP contribution in [0.25, 0.3) is 5.69 Å². The number of nitrogens with zero attached hydrogens (tertiary/aromatic N) is 5. The van der Waals surface area contributed by atoms with Crippen LogP contribution in [-0.4, -0.2) is 48.9 Å². The number of carbonyl (C=O) groups is 1. The molecule has 0 unspecified atom stereocenters. The van der Waals surface area contributed by atoms with Gasteiger partial charge in [-0.3, -0.25) is 4.79 Å². The van der Waals surface area contributed by atoms with Crippen molar-refractivity contribution in [3.63, 3.8) is 0 Å². The molecule has 0 spiro atoms. The van der Waals surface area contributed by atoms with E-state index in [1.54, 1.807) is 24.3 Å². The molecule has 2 N–H and O–H groups in total. The lowest BCUT2D eigenvalue weighted by atomic mass is 10.1. The second-order valence-corrected chi connectivity index (χ2v) is 6.64. The Morgan fingerprint density at radius 2 is 2.10 bits per heavy atom. The van der Waals surface area contributed by atoms with E-state index >= 15 is 0 Å². The lowest BCUT2D eigenvalue weighted by Gasteiger charge is -2.06. The summed E-state index contributed by atoms with van der Waals surface area (Å²) in [6, 6.07) is 7.11. The Bertz CT molecular complexity index is 1020. The summed E-state index contributed by atoms with van der Waals surface area (Å²) in [4.78, 5) is 16.2. The third kappa shape index (κ3) is 4.61. The molecule has 3 heterocycles. The second-order valence-electron chi connectivity index (χ2n) is 6.21. The van der Waals surface area contributed by atoms with Gasteiger partial charge in [0.25, 0.3) is 5.88 Å². The van der Waals surface area contributed by atoms with Crippen LogP contribution >= 0.6 is 24.0 Å². The molecule has 4 rings (SSSR count). The van der Waals surface area contributed by atoms with Crippen molar-refractivity contribution < 1.29 is 19.0 Å². The van der Waals surface area contributed by atoms with Crippen LogP contribution in [0.5, 0.6) is 11.6 Å². The van der Waals surface area contributed by atoms with Crippen LogP contribution in [0.2, 0.25) is 5.02 Å². The summed E-state index contributed by atoms with van der Waals surface area (Å²) in [6.45, 7) is 0.481. The molecule has 1 fully saturated rings. The number of hydrogen-bond acceptors (Lipinski definition) is 7. The van der Waals surface area contributed by atoms with Crippen LogP contribution in [0.4, 0.5) is 4.39 Å². The van der Waals surface area contributed by atoms with E-state index in [1.165, 1.54) is 11.0 Å². The molecular formula is C17H15Cl2FN6O3. The van der Waals surface area contributed by atoms with E-state index in [9.17, 15) is 9.18 Å². The molecule has 9 nitrogen and oxygen atoms in total. The minimum absolute atomic E-state index is 0. The largest absolute Gasteiger partial charge is 0.480 e. The summed E-state index contributed by atoms with van der Waals surface area (Å²) in [5.74, 6) is -0.997. The van der Waals surface area contributed by atoms with Crippen molar-refractivity contribution in [3.05, 3.63) is 53.2 Å². The predicted octanol–water partition coefficient (Wildman–Crippen LogP) is 2.59. The summed E-state index contributed by atoms with van der Waals surface area (Å²) in [7, 11) is 0. The van der Waals surface area contributed by atoms with Crippen molar-refractivity contribution in [3.8, 4) is 17.3 Å². The van der Waals surface area contributed by atoms with Crippen molar-refractivity contribution in [1.29, 1.82) is 0 Å². The Kier molecular flexibility index (Phi) is 6.26. The number of pyridine rings is 1. The second kappa shape index (κ2) is 8.68. The van der Waals surface area contributed by atoms with E-state index in [2.05, 4.69) is 25.7 Å². The fraction of sp³-hybridized carbons (Fsp3) is 0.235. The molecule has 0 amide bonds. The van der Waals surface area contributed by atoms with Gasteiger partial charge in [-0.25, -0.2) is 9.37 Å². The van der Waals surface area contributed by atoms with Crippen LogP contribution in [0.1, 0.15) is 18.2 Å². The summed E-state index contributed by atoms with van der Waals surface area (Å²) in [5.41, 5.74) is 0.622. The van der Waals surface area contributed by atoms with Gasteiger partial charge in [-0.15, -0.1) is 27.4 Å². The minimum atomic E-state index is -0.892. The van der Waals surface area contributed by atoms with E-state index in [4.69, 9.17) is 21.4 Å². The SMILES string of the molecule is Cl.O=C(O)[C@@H]1C[C@H](c2nnn(-c3ccc(Oc4ncc(Cl)cc4F)cc3)n2)CN1. The van der Waals surface area contributed by atoms with Gasteiger partial charge in [-0.05, 0) is 42.0 Å². The van der Waals surface area contributed by atoms with Crippen LogP contribution in [0.15, 0.2) is 36.5 Å². The van der Waals surface area contributed by atoms with E-state index in [0.29, 0.717) is 30.2 Å². The molecule has 3 aromatic rings. The third-order valence-electron chi connectivity index (χ3n) is 4.28. The normalized spacial score (nSPS) is 18.3. The Balaban J connectivity index is 0.00000240. The highest BCUT2D eigenvalue weighted by atomic mass is 35.5. The van der Waals surface area contributed by atoms with Gasteiger partial charge in [0.15, 0.2) is 11.6 Å². The molecule has 0 radical (unpaired) electrons. The molecule has 1 aliphatic heterocycles. The van der Waals surface area contributed by atoms with Crippen molar-refractivity contribution in [2.24, 2.45) is 0 Å². The summed E-state index contributed by atoms with van der Waals surface area (Å²) in [5, 5.41) is 24.5. The first-order chi connectivity index (χ1) is 13.5. The van der Waals surface area contributed by atoms with Crippen LogP contribution < -0.4 is 10.1 Å². The Morgan fingerprint density at radius 1 is 1.34 bits per heavy atom. The maximum atomic E-state index is 13.8. The maximum absolute atomic E-state index is 13.8. The first-order valence-electron chi connectivity index (χ1n) is 8.35. The van der Waals surface area contributed by atoms with Crippen molar-refractivity contribution >= 4 is 30.0 Å². The highest BCUT2D eigenvalue weighted by Gasteiger charge is 2.32. The number of carboxylic acids is 1. The number of rotatable bonds is 5. The average Bonchev–Trinajstić information content (AvgIpc) is 3.34. The molecule has 0 saturated carbocycles. The number of aliphatic carboxylic acids is 1. The van der Waals surface area contributed by atoms with Gasteiger partial charge in [0, 0.05) is 18.7 Å². The van der Waals surface area contributed by atoms with E-state index in [0.717, 1.165) is 6.07 Å². The number of tetrazole rings is 1. The van der Waals surface area contributed by atoms with Crippen molar-refractivity contribution in [2.45, 2.75) is 18.4 Å². The van der Waals surface area contributed by atoms with Crippen LogP contribution in [-0.2, 0) is 4.79 Å². The Labute approximate surface area is 175 Å². The first kappa shape index (κ1) is 20.9. The van der Waals surface area contributed by atoms with Crippen LogP contribution in [0.3, 0.4) is 0 Å². The number of aromatic nitrogens is 5. The van der Waals surface area contributed by atoms with Gasteiger partial charge in [-0.1, -0.05) is 11.6 Å². The highest BCUT2D eigenvalue weighted by Crippen LogP contribution is 2.25. The highest BCUT2D eigenvalue weighted by molar-refractivity contribution is 6.30. The number of ether oxygens (including phenoxy) is 1. The van der Waals surface area contributed by atoms with Crippen molar-refractivity contribution in [2.75, 3.05) is 6.54 Å². The number of hydrogen-bond donors (Lipinski definition) is 2. The average molecular weight is 441 g/mol. The quantitative estimate of drug-likeness (QED) is 0.621. The molecule has 12 heteroatoms. The topological polar surface area (TPSA) is 115 Å². The number of benzene rings is 1. The summed E-state index contributed by atoms with van der Waals surface area (Å²) >= 11 is 5.67. The van der Waals surface area contributed by atoms with Gasteiger partial charge in [-0.2, -0.15) is 0 Å². The van der Waals surface area contributed by atoms with E-state index < -0.39 is 17.8 Å². The molecule has 1 aliphatic rings. The van der Waals surface area contributed by atoms with Gasteiger partial charge in [0.2, 0.25) is 0 Å². The number of halogens is 3. The number of carboxylic acid groups (broad SMARTS) is 1. The van der Waals surface area contributed by atoms with Crippen molar-refractivity contribution in [1.82, 2.24) is 30.5 Å². The van der Waals surface area contributed by atoms with Gasteiger partial charge in [0.1, 0.15) is 11.8 Å². The van der Waals surface area contributed by atoms with E-state index in [1.807, 2.05) is 0 Å². The van der Waals surface area contributed by atoms with Gasteiger partial charge < -0.3 is 15.2 Å². The zero-order chi connectivity index (χ0) is 19.7.